The summed E-state index contributed by atoms with van der Waals surface area (Å²) < 4.78 is 10.7. The minimum atomic E-state index is -0.776. The number of esters is 2. The standard InChI is InChI=1S/C59H106O5/c1-3-5-7-9-11-13-15-17-19-21-23-25-27-28-29-30-32-34-36-38-40-42-44-46-48-50-52-54-59(62)64-57(55-60)56-63-58(61)53-51-49-47-45-43-41-39-37-35-33-31-26-24-22-20-18-16-14-12-10-8-6-4-2/h15-18,21-24,27-28,57,60H,3-14,19-20,25-26,29-56H2,1-2H3/b17-15-,18-16-,23-21-,24-22-,28-27-. The van der Waals surface area contributed by atoms with Crippen molar-refractivity contribution in [3.63, 3.8) is 0 Å². The van der Waals surface area contributed by atoms with Crippen LogP contribution in [0.4, 0.5) is 0 Å². The van der Waals surface area contributed by atoms with Crippen LogP contribution in [0.2, 0.25) is 0 Å². The van der Waals surface area contributed by atoms with E-state index >= 15 is 0 Å². The van der Waals surface area contributed by atoms with Gasteiger partial charge in [0.1, 0.15) is 6.61 Å². The van der Waals surface area contributed by atoms with Crippen molar-refractivity contribution in [2.24, 2.45) is 0 Å². The van der Waals surface area contributed by atoms with E-state index in [0.717, 1.165) is 57.8 Å². The maximum absolute atomic E-state index is 12.3. The average molecular weight is 895 g/mol. The van der Waals surface area contributed by atoms with Gasteiger partial charge in [0.25, 0.3) is 0 Å². The molecule has 0 bridgehead atoms. The van der Waals surface area contributed by atoms with Crippen molar-refractivity contribution in [1.29, 1.82) is 0 Å². The van der Waals surface area contributed by atoms with Crippen molar-refractivity contribution in [3.05, 3.63) is 60.8 Å². The molecule has 0 fully saturated rings. The lowest BCUT2D eigenvalue weighted by molar-refractivity contribution is -0.161. The summed E-state index contributed by atoms with van der Waals surface area (Å²) in [6.07, 6.45) is 73.2. The second kappa shape index (κ2) is 54.9. The molecule has 0 aromatic carbocycles. The highest BCUT2D eigenvalue weighted by molar-refractivity contribution is 5.70. The third-order valence-electron chi connectivity index (χ3n) is 12.3. The Hall–Kier alpha value is -2.40. The molecule has 0 rings (SSSR count). The topological polar surface area (TPSA) is 72.8 Å². The number of unbranched alkanes of at least 4 members (excludes halogenated alkanes) is 33. The maximum atomic E-state index is 12.3. The zero-order chi connectivity index (χ0) is 46.3. The first-order valence-electron chi connectivity index (χ1n) is 27.8. The fourth-order valence-corrected chi connectivity index (χ4v) is 8.06. The Morgan fingerprint density at radius 2 is 0.625 bits per heavy atom. The van der Waals surface area contributed by atoms with Crippen LogP contribution < -0.4 is 0 Å². The van der Waals surface area contributed by atoms with Gasteiger partial charge >= 0.3 is 11.9 Å². The normalized spacial score (nSPS) is 12.6. The van der Waals surface area contributed by atoms with E-state index in [-0.39, 0.29) is 25.2 Å². The minimum absolute atomic E-state index is 0.0674. The molecule has 0 heterocycles. The predicted octanol–water partition coefficient (Wildman–Crippen LogP) is 18.6. The second-order valence-electron chi connectivity index (χ2n) is 18.7. The molecule has 5 nitrogen and oxygen atoms in total. The van der Waals surface area contributed by atoms with Gasteiger partial charge in [-0.3, -0.25) is 9.59 Å². The number of carbonyl (C=O) groups excluding carboxylic acids is 2. The third kappa shape index (κ3) is 52.2. The molecule has 0 aromatic rings. The third-order valence-corrected chi connectivity index (χ3v) is 12.3. The predicted molar refractivity (Wildman–Crippen MR) is 279 cm³/mol. The highest BCUT2D eigenvalue weighted by atomic mass is 16.6. The largest absolute Gasteiger partial charge is 0.462 e. The molecule has 0 radical (unpaired) electrons. The number of hydrogen-bond acceptors (Lipinski definition) is 5. The molecule has 5 heteroatoms. The van der Waals surface area contributed by atoms with E-state index in [2.05, 4.69) is 74.6 Å². The molecule has 0 saturated carbocycles. The molecular formula is C59H106O5. The fourth-order valence-electron chi connectivity index (χ4n) is 8.06. The summed E-state index contributed by atoms with van der Waals surface area (Å²) in [4.78, 5) is 24.5. The summed E-state index contributed by atoms with van der Waals surface area (Å²) >= 11 is 0. The van der Waals surface area contributed by atoms with Crippen molar-refractivity contribution in [1.82, 2.24) is 0 Å². The van der Waals surface area contributed by atoms with E-state index in [9.17, 15) is 14.7 Å². The Morgan fingerprint density at radius 3 is 0.938 bits per heavy atom. The van der Waals surface area contributed by atoms with Gasteiger partial charge in [-0.2, -0.15) is 0 Å². The molecule has 0 aliphatic rings. The molecule has 0 aliphatic carbocycles. The smallest absolute Gasteiger partial charge is 0.306 e. The number of ether oxygens (including phenoxy) is 2. The van der Waals surface area contributed by atoms with Gasteiger partial charge in [-0.1, -0.05) is 248 Å². The minimum Gasteiger partial charge on any atom is -0.462 e. The van der Waals surface area contributed by atoms with Gasteiger partial charge in [-0.25, -0.2) is 0 Å². The first-order chi connectivity index (χ1) is 31.6. The quantitative estimate of drug-likeness (QED) is 0.0374. The summed E-state index contributed by atoms with van der Waals surface area (Å²) in [5.41, 5.74) is 0. The van der Waals surface area contributed by atoms with Crippen molar-refractivity contribution < 1.29 is 24.2 Å². The Balaban J connectivity index is 3.49. The van der Waals surface area contributed by atoms with Crippen LogP contribution in [-0.2, 0) is 19.1 Å². The van der Waals surface area contributed by atoms with E-state index in [1.54, 1.807) is 0 Å². The lowest BCUT2D eigenvalue weighted by Crippen LogP contribution is -2.28. The molecule has 1 N–H and O–H groups in total. The molecule has 0 saturated heterocycles. The zero-order valence-corrected chi connectivity index (χ0v) is 42.5. The molecule has 1 atom stereocenters. The Morgan fingerprint density at radius 1 is 0.359 bits per heavy atom. The highest BCUT2D eigenvalue weighted by Gasteiger charge is 2.16. The van der Waals surface area contributed by atoms with E-state index in [1.807, 2.05) is 0 Å². The van der Waals surface area contributed by atoms with Gasteiger partial charge in [0.15, 0.2) is 6.10 Å². The van der Waals surface area contributed by atoms with Crippen LogP contribution in [0.1, 0.15) is 284 Å². The number of aliphatic hydroxyl groups is 1. The Labute approximate surface area is 398 Å². The summed E-state index contributed by atoms with van der Waals surface area (Å²) in [5, 5.41) is 9.65. The molecule has 64 heavy (non-hydrogen) atoms. The summed E-state index contributed by atoms with van der Waals surface area (Å²) in [5.74, 6) is -0.587. The molecule has 372 valence electrons. The van der Waals surface area contributed by atoms with Crippen LogP contribution in [-0.4, -0.2) is 36.4 Å². The van der Waals surface area contributed by atoms with Crippen molar-refractivity contribution in [2.75, 3.05) is 13.2 Å². The lowest BCUT2D eigenvalue weighted by Gasteiger charge is -2.15. The average Bonchev–Trinajstić information content (AvgIpc) is 3.30. The van der Waals surface area contributed by atoms with Crippen LogP contribution in [0.5, 0.6) is 0 Å². The molecule has 0 amide bonds. The SMILES string of the molecule is CCCCCCC/C=C\C/C=C\C/C=C\CCCCCCCCCCCCCCC(=O)OC(CO)COC(=O)CCCCCCCCCCCCC/C=C\C/C=C\CCCCCCC. The van der Waals surface area contributed by atoms with Gasteiger partial charge in [0.2, 0.25) is 0 Å². The number of carbonyl (C=O) groups is 2. The first-order valence-corrected chi connectivity index (χ1v) is 27.8. The molecular weight excluding hydrogens is 789 g/mol. The van der Waals surface area contributed by atoms with Crippen molar-refractivity contribution in [2.45, 2.75) is 290 Å². The summed E-state index contributed by atoms with van der Waals surface area (Å²) in [7, 11) is 0. The number of hydrogen-bond donors (Lipinski definition) is 1. The zero-order valence-electron chi connectivity index (χ0n) is 42.5. The van der Waals surface area contributed by atoms with E-state index < -0.39 is 6.10 Å². The molecule has 0 spiro atoms. The van der Waals surface area contributed by atoms with E-state index in [0.29, 0.717) is 12.8 Å². The van der Waals surface area contributed by atoms with Gasteiger partial charge in [0, 0.05) is 12.8 Å². The molecule has 0 aromatic heterocycles. The lowest BCUT2D eigenvalue weighted by atomic mass is 10.0. The molecule has 0 aliphatic heterocycles. The van der Waals surface area contributed by atoms with Gasteiger partial charge in [-0.15, -0.1) is 0 Å². The van der Waals surface area contributed by atoms with Crippen molar-refractivity contribution >= 4 is 11.9 Å². The van der Waals surface area contributed by atoms with Crippen LogP contribution in [0, 0.1) is 0 Å². The van der Waals surface area contributed by atoms with Crippen LogP contribution in [0.15, 0.2) is 60.8 Å². The van der Waals surface area contributed by atoms with Gasteiger partial charge in [0.05, 0.1) is 6.61 Å². The Kier molecular flexibility index (Phi) is 52.9. The van der Waals surface area contributed by atoms with Gasteiger partial charge < -0.3 is 14.6 Å². The maximum Gasteiger partial charge on any atom is 0.306 e. The number of allylic oxidation sites excluding steroid dienone is 10. The fraction of sp³-hybridized carbons (Fsp3) is 0.797. The Bertz CT molecular complexity index is 1100. The van der Waals surface area contributed by atoms with Crippen LogP contribution >= 0.6 is 0 Å². The number of rotatable bonds is 51. The molecule has 1 unspecified atom stereocenters. The summed E-state index contributed by atoms with van der Waals surface area (Å²) in [6.45, 7) is 4.14. The first kappa shape index (κ1) is 61.6. The van der Waals surface area contributed by atoms with Crippen LogP contribution in [0.25, 0.3) is 0 Å². The highest BCUT2D eigenvalue weighted by Crippen LogP contribution is 2.16. The van der Waals surface area contributed by atoms with Gasteiger partial charge in [-0.05, 0) is 83.5 Å². The summed E-state index contributed by atoms with van der Waals surface area (Å²) in [6, 6.07) is 0. The monoisotopic (exact) mass is 895 g/mol. The van der Waals surface area contributed by atoms with E-state index in [4.69, 9.17) is 9.47 Å². The number of aliphatic hydroxyl groups excluding tert-OH is 1. The van der Waals surface area contributed by atoms with Crippen molar-refractivity contribution in [3.8, 4) is 0 Å². The second-order valence-corrected chi connectivity index (χ2v) is 18.7. The van der Waals surface area contributed by atoms with E-state index in [1.165, 1.54) is 199 Å². The van der Waals surface area contributed by atoms with Crippen LogP contribution in [0.3, 0.4) is 0 Å².